The van der Waals surface area contributed by atoms with E-state index in [1.165, 1.54) is 39.4 Å². The molecule has 0 radical (unpaired) electrons. The van der Waals surface area contributed by atoms with Crippen molar-refractivity contribution < 1.29 is 38.1 Å². The minimum atomic E-state index is -0.649. The Labute approximate surface area is 218 Å². The van der Waals surface area contributed by atoms with Crippen molar-refractivity contribution in [3.8, 4) is 23.0 Å². The summed E-state index contributed by atoms with van der Waals surface area (Å²) in [5.41, 5.74) is 1.94. The molecule has 0 N–H and O–H groups in total. The number of hydrogen-bond donors (Lipinski definition) is 0. The van der Waals surface area contributed by atoms with Crippen molar-refractivity contribution in [2.45, 2.75) is 6.92 Å². The third kappa shape index (κ3) is 6.33. The Kier molecular flexibility index (Phi) is 7.98. The fourth-order valence-electron chi connectivity index (χ4n) is 3.46. The Morgan fingerprint density at radius 1 is 0.816 bits per heavy atom. The van der Waals surface area contributed by atoms with Crippen LogP contribution in [0, 0.1) is 0 Å². The van der Waals surface area contributed by atoms with Crippen LogP contribution < -0.4 is 18.9 Å². The van der Waals surface area contributed by atoms with Crippen molar-refractivity contribution in [3.05, 3.63) is 95.2 Å². The van der Waals surface area contributed by atoms with E-state index in [0.29, 0.717) is 16.9 Å². The van der Waals surface area contributed by atoms with Gasteiger partial charge < -0.3 is 23.7 Å². The molecule has 0 bridgehead atoms. The first-order valence-electron chi connectivity index (χ1n) is 11.4. The van der Waals surface area contributed by atoms with Crippen LogP contribution in [-0.4, -0.2) is 38.0 Å². The van der Waals surface area contributed by atoms with Crippen LogP contribution in [0.15, 0.2) is 83.5 Å². The van der Waals surface area contributed by atoms with E-state index in [9.17, 15) is 14.4 Å². The molecule has 9 nitrogen and oxygen atoms in total. The molecule has 4 rings (SSSR count). The van der Waals surface area contributed by atoms with Crippen LogP contribution in [0.2, 0.25) is 0 Å². The van der Waals surface area contributed by atoms with Crippen molar-refractivity contribution in [1.29, 1.82) is 0 Å². The van der Waals surface area contributed by atoms with E-state index >= 15 is 0 Å². The Morgan fingerprint density at radius 2 is 1.50 bits per heavy atom. The number of benzene rings is 3. The zero-order valence-corrected chi connectivity index (χ0v) is 20.8. The minimum absolute atomic E-state index is 0.0561. The molecule has 0 aromatic heterocycles. The monoisotopic (exact) mass is 513 g/mol. The van der Waals surface area contributed by atoms with Gasteiger partial charge in [0.05, 0.1) is 14.2 Å². The highest BCUT2D eigenvalue weighted by molar-refractivity contribution is 6.13. The summed E-state index contributed by atoms with van der Waals surface area (Å²) in [4.78, 5) is 40.3. The summed E-state index contributed by atoms with van der Waals surface area (Å²) >= 11 is 0. The molecule has 192 valence electrons. The molecule has 0 spiro atoms. The molecule has 3 aromatic carbocycles. The Hall–Kier alpha value is -5.18. The molecule has 0 aliphatic carbocycles. The van der Waals surface area contributed by atoms with Gasteiger partial charge in [0.1, 0.15) is 0 Å². The van der Waals surface area contributed by atoms with Gasteiger partial charge >= 0.3 is 17.9 Å². The molecular formula is C29H23NO8. The number of carbonyl (C=O) groups excluding carboxylic acids is 3. The molecule has 0 unspecified atom stereocenters. The van der Waals surface area contributed by atoms with Crippen LogP contribution in [0.4, 0.5) is 0 Å². The van der Waals surface area contributed by atoms with E-state index in [0.717, 1.165) is 5.56 Å². The van der Waals surface area contributed by atoms with Crippen molar-refractivity contribution >= 4 is 36.0 Å². The van der Waals surface area contributed by atoms with Gasteiger partial charge in [-0.2, -0.15) is 0 Å². The second-order valence-corrected chi connectivity index (χ2v) is 7.87. The second-order valence-electron chi connectivity index (χ2n) is 7.87. The smallest absolute Gasteiger partial charge is 0.363 e. The lowest BCUT2D eigenvalue weighted by molar-refractivity contribution is -0.132. The standard InChI is InChI=1S/C29H23NO8/c1-18(31)36-23-13-11-21(17-26(23)35-3)28-30-22(29(33)38-28)15-20-9-12-24(25(16-20)34-2)37-27(32)14-10-19-7-5-4-6-8-19/h4-17H,1-3H3/b14-10+,22-15-. The number of rotatable bonds is 8. The molecule has 0 atom stereocenters. The first kappa shape index (κ1) is 25.9. The summed E-state index contributed by atoms with van der Waals surface area (Å²) < 4.78 is 26.4. The molecule has 0 amide bonds. The van der Waals surface area contributed by atoms with E-state index in [-0.39, 0.29) is 28.8 Å². The predicted molar refractivity (Wildman–Crippen MR) is 139 cm³/mol. The summed E-state index contributed by atoms with van der Waals surface area (Å²) in [6, 6.07) is 18.8. The van der Waals surface area contributed by atoms with Crippen LogP contribution in [0.1, 0.15) is 23.6 Å². The minimum Gasteiger partial charge on any atom is -0.493 e. The zero-order chi connectivity index (χ0) is 27.1. The molecule has 0 saturated carbocycles. The van der Waals surface area contributed by atoms with E-state index in [4.69, 9.17) is 23.7 Å². The van der Waals surface area contributed by atoms with E-state index in [1.54, 1.807) is 36.4 Å². The predicted octanol–water partition coefficient (Wildman–Crippen LogP) is 4.59. The van der Waals surface area contributed by atoms with E-state index in [1.807, 2.05) is 30.3 Å². The van der Waals surface area contributed by atoms with Gasteiger partial charge in [-0.05, 0) is 53.6 Å². The lowest BCUT2D eigenvalue weighted by atomic mass is 10.1. The summed E-state index contributed by atoms with van der Waals surface area (Å²) in [5.74, 6) is -0.624. The molecule has 1 aliphatic heterocycles. The fraction of sp³-hybridized carbons (Fsp3) is 0.103. The highest BCUT2D eigenvalue weighted by Gasteiger charge is 2.25. The molecule has 1 heterocycles. The second kappa shape index (κ2) is 11.7. The van der Waals surface area contributed by atoms with Gasteiger partial charge in [0.2, 0.25) is 5.90 Å². The molecule has 0 fully saturated rings. The molecule has 0 saturated heterocycles. The van der Waals surface area contributed by atoms with E-state index < -0.39 is 17.9 Å². The topological polar surface area (TPSA) is 110 Å². The maximum atomic E-state index is 12.5. The number of ether oxygens (including phenoxy) is 5. The van der Waals surface area contributed by atoms with Crippen LogP contribution in [0.5, 0.6) is 23.0 Å². The van der Waals surface area contributed by atoms with Crippen LogP contribution in [0.25, 0.3) is 12.2 Å². The molecule has 1 aliphatic rings. The van der Waals surface area contributed by atoms with Gasteiger partial charge in [0.25, 0.3) is 0 Å². The first-order chi connectivity index (χ1) is 18.4. The van der Waals surface area contributed by atoms with Crippen LogP contribution >= 0.6 is 0 Å². The number of esters is 3. The molecule has 38 heavy (non-hydrogen) atoms. The van der Waals surface area contributed by atoms with Crippen molar-refractivity contribution in [2.24, 2.45) is 4.99 Å². The third-order valence-corrected chi connectivity index (χ3v) is 5.20. The average Bonchev–Trinajstić information content (AvgIpc) is 3.28. The maximum Gasteiger partial charge on any atom is 0.363 e. The zero-order valence-electron chi connectivity index (χ0n) is 20.8. The number of aliphatic imine (C=N–C) groups is 1. The number of nitrogens with zero attached hydrogens (tertiary/aromatic N) is 1. The van der Waals surface area contributed by atoms with E-state index in [2.05, 4.69) is 4.99 Å². The van der Waals surface area contributed by atoms with Gasteiger partial charge in [-0.1, -0.05) is 36.4 Å². The number of methoxy groups -OCH3 is 2. The van der Waals surface area contributed by atoms with Gasteiger partial charge in [-0.15, -0.1) is 0 Å². The Morgan fingerprint density at radius 3 is 2.21 bits per heavy atom. The highest BCUT2D eigenvalue weighted by atomic mass is 16.6. The SMILES string of the molecule is COc1cc(C2=N/C(=C\c3ccc(OC(=O)/C=C/c4ccccc4)c(OC)c3)C(=O)O2)ccc1OC(C)=O. The summed E-state index contributed by atoms with van der Waals surface area (Å²) in [6.07, 6.45) is 4.49. The van der Waals surface area contributed by atoms with Gasteiger partial charge in [-0.25, -0.2) is 14.6 Å². The Balaban J connectivity index is 1.52. The average molecular weight is 514 g/mol. The molecular weight excluding hydrogens is 490 g/mol. The number of carbonyl (C=O) groups is 3. The van der Waals surface area contributed by atoms with Gasteiger partial charge in [0.15, 0.2) is 28.7 Å². The number of cyclic esters (lactones) is 1. The van der Waals surface area contributed by atoms with Crippen LogP contribution in [0.3, 0.4) is 0 Å². The third-order valence-electron chi connectivity index (χ3n) is 5.20. The summed E-state index contributed by atoms with van der Waals surface area (Å²) in [7, 11) is 2.87. The molecule has 3 aromatic rings. The quantitative estimate of drug-likeness (QED) is 0.244. The van der Waals surface area contributed by atoms with Gasteiger partial charge in [0, 0.05) is 18.6 Å². The Bertz CT molecular complexity index is 1470. The fourth-order valence-corrected chi connectivity index (χ4v) is 3.46. The van der Waals surface area contributed by atoms with Crippen LogP contribution in [-0.2, 0) is 19.1 Å². The lowest BCUT2D eigenvalue weighted by Gasteiger charge is -2.09. The largest absolute Gasteiger partial charge is 0.493 e. The first-order valence-corrected chi connectivity index (χ1v) is 11.4. The number of hydrogen-bond acceptors (Lipinski definition) is 9. The van der Waals surface area contributed by atoms with Gasteiger partial charge in [-0.3, -0.25) is 4.79 Å². The highest BCUT2D eigenvalue weighted by Crippen LogP contribution is 2.32. The molecule has 9 heteroatoms. The van der Waals surface area contributed by atoms with Crippen molar-refractivity contribution in [2.75, 3.05) is 14.2 Å². The van der Waals surface area contributed by atoms with Crippen molar-refractivity contribution in [1.82, 2.24) is 0 Å². The lowest BCUT2D eigenvalue weighted by Crippen LogP contribution is -2.07. The summed E-state index contributed by atoms with van der Waals surface area (Å²) in [5, 5.41) is 0. The maximum absolute atomic E-state index is 12.5. The normalized spacial score (nSPS) is 13.7. The van der Waals surface area contributed by atoms with Crippen molar-refractivity contribution in [3.63, 3.8) is 0 Å². The summed E-state index contributed by atoms with van der Waals surface area (Å²) in [6.45, 7) is 1.28.